The Balaban J connectivity index is 4.81. The lowest BCUT2D eigenvalue weighted by atomic mass is 10.1. The lowest BCUT2D eigenvalue weighted by Gasteiger charge is -2.21. The number of esters is 3. The second-order valence-electron chi connectivity index (χ2n) is 20.9. The molecule has 80 heavy (non-hydrogen) atoms. The summed E-state index contributed by atoms with van der Waals surface area (Å²) in [5.74, 6) is -1.62. The van der Waals surface area contributed by atoms with E-state index in [1.807, 2.05) is 18.2 Å². The third-order valence-electron chi connectivity index (χ3n) is 13.2. The van der Waals surface area contributed by atoms with Crippen LogP contribution in [-0.2, 0) is 42.2 Å². The molecule has 0 spiro atoms. The number of phosphoric acid groups is 1. The van der Waals surface area contributed by atoms with E-state index in [4.69, 9.17) is 23.3 Å². The van der Waals surface area contributed by atoms with Crippen LogP contribution in [0.4, 0.5) is 0 Å². The quantitative estimate of drug-likeness (QED) is 0.0197. The molecule has 12 heteroatoms. The maximum absolute atomic E-state index is 13.0. The van der Waals surface area contributed by atoms with Crippen LogP contribution < -0.4 is 0 Å². The molecule has 0 amide bonds. The third-order valence-corrected chi connectivity index (χ3v) is 14.1. The minimum Gasteiger partial charge on any atom is -0.462 e. The smallest absolute Gasteiger partial charge is 0.462 e. The molecule has 0 saturated carbocycles. The number of aliphatic hydroxyl groups is 1. The van der Waals surface area contributed by atoms with Crippen molar-refractivity contribution in [3.8, 4) is 0 Å². The SMILES string of the molecule is CC/C=C\C/C=C\C/C=C\C/C=C\C/C=C\CC(=O)OC(CO)COP(=O)(O)OCC(COC(=O)CCCCCCCC/C=C\C/C=C\C/C=C\CCCCC)OC(=O)CCCCCCCCCCC/C=C\CCCCCCCC. The molecular formula is C68H115O11P. The Morgan fingerprint density at radius 3 is 1.14 bits per heavy atom. The normalized spacial score (nSPS) is 14.0. The number of aliphatic hydroxyl groups excluding tert-OH is 1. The molecule has 0 heterocycles. The van der Waals surface area contributed by atoms with Crippen molar-refractivity contribution < 1.29 is 52.2 Å². The van der Waals surface area contributed by atoms with E-state index < -0.39 is 57.8 Å². The van der Waals surface area contributed by atoms with E-state index in [0.717, 1.165) is 96.3 Å². The molecule has 0 bridgehead atoms. The molecule has 0 aliphatic heterocycles. The van der Waals surface area contributed by atoms with Crippen molar-refractivity contribution in [1.29, 1.82) is 0 Å². The van der Waals surface area contributed by atoms with Gasteiger partial charge in [0.25, 0.3) is 0 Å². The number of phosphoric ester groups is 1. The Kier molecular flexibility index (Phi) is 58.3. The van der Waals surface area contributed by atoms with Gasteiger partial charge in [-0.25, -0.2) is 4.57 Å². The van der Waals surface area contributed by atoms with Gasteiger partial charge < -0.3 is 24.2 Å². The van der Waals surface area contributed by atoms with Gasteiger partial charge in [-0.15, -0.1) is 0 Å². The molecule has 0 saturated heterocycles. The number of ether oxygens (including phenoxy) is 3. The van der Waals surface area contributed by atoms with Crippen molar-refractivity contribution in [3.63, 3.8) is 0 Å². The van der Waals surface area contributed by atoms with Gasteiger partial charge >= 0.3 is 25.7 Å². The molecule has 3 unspecified atom stereocenters. The monoisotopic (exact) mass is 1140 g/mol. The van der Waals surface area contributed by atoms with Crippen molar-refractivity contribution in [1.82, 2.24) is 0 Å². The largest absolute Gasteiger partial charge is 0.472 e. The lowest BCUT2D eigenvalue weighted by molar-refractivity contribution is -0.161. The van der Waals surface area contributed by atoms with Crippen LogP contribution in [-0.4, -0.2) is 66.5 Å². The number of carbonyl (C=O) groups excluding carboxylic acids is 3. The second-order valence-corrected chi connectivity index (χ2v) is 22.3. The summed E-state index contributed by atoms with van der Waals surface area (Å²) in [5, 5.41) is 9.82. The van der Waals surface area contributed by atoms with E-state index in [1.54, 1.807) is 6.08 Å². The first kappa shape index (κ1) is 76.1. The van der Waals surface area contributed by atoms with Crippen LogP contribution in [0.5, 0.6) is 0 Å². The van der Waals surface area contributed by atoms with Gasteiger partial charge in [0.15, 0.2) is 6.10 Å². The highest BCUT2D eigenvalue weighted by atomic mass is 31.2. The van der Waals surface area contributed by atoms with Crippen molar-refractivity contribution >= 4 is 25.7 Å². The van der Waals surface area contributed by atoms with E-state index in [-0.39, 0.29) is 25.9 Å². The zero-order valence-corrected chi connectivity index (χ0v) is 51.7. The van der Waals surface area contributed by atoms with E-state index in [0.29, 0.717) is 19.3 Å². The fraction of sp³-hybridized carbons (Fsp3) is 0.691. The summed E-state index contributed by atoms with van der Waals surface area (Å²) in [6, 6.07) is 0. The first-order valence-corrected chi connectivity index (χ1v) is 33.3. The highest BCUT2D eigenvalue weighted by Crippen LogP contribution is 2.43. The highest BCUT2D eigenvalue weighted by Gasteiger charge is 2.28. The molecule has 458 valence electrons. The minimum atomic E-state index is -4.79. The topological polar surface area (TPSA) is 155 Å². The van der Waals surface area contributed by atoms with Crippen molar-refractivity contribution in [3.05, 3.63) is 109 Å². The molecule has 0 aliphatic carbocycles. The number of rotatable bonds is 58. The molecule has 0 aromatic carbocycles. The first-order valence-electron chi connectivity index (χ1n) is 31.8. The van der Waals surface area contributed by atoms with Gasteiger partial charge in [0, 0.05) is 12.8 Å². The van der Waals surface area contributed by atoms with E-state index in [1.165, 1.54) is 109 Å². The zero-order chi connectivity index (χ0) is 58.3. The number of allylic oxidation sites excluding steroid dienone is 17. The Morgan fingerprint density at radius 1 is 0.375 bits per heavy atom. The number of carbonyl (C=O) groups is 3. The summed E-state index contributed by atoms with van der Waals surface area (Å²) in [4.78, 5) is 48.7. The standard InChI is InChI=1S/C68H115O11P/c1-4-7-10-13-16-19-22-25-28-30-32-34-37-39-42-45-48-51-54-57-66(70)75-61-65(79-68(72)59-56-53-50-47-44-41-38-35-33-31-29-26-23-20-17-14-11-8-5-2)63-77-80(73,74)76-62-64(60-69)78-67(71)58-55-52-49-46-43-40-36-27-24-21-18-15-12-9-6-3/h9,12,16,18-19,21,25-29,32,34,36,43,46,52,55,64-65,69H,4-8,10-11,13-15,17,20,22-24,30-31,33,35,37-42,44-45,47-51,53-54,56-63H2,1-3H3,(H,73,74)/b12-9-,19-16-,21-18-,28-25-,29-26-,34-32-,36-27-,46-43-,55-52-. The average Bonchev–Trinajstić information content (AvgIpc) is 3.45. The summed E-state index contributed by atoms with van der Waals surface area (Å²) < 4.78 is 39.5. The van der Waals surface area contributed by atoms with Crippen LogP contribution in [0.2, 0.25) is 0 Å². The molecule has 3 atom stereocenters. The van der Waals surface area contributed by atoms with Gasteiger partial charge in [-0.2, -0.15) is 0 Å². The molecule has 0 rings (SSSR count). The molecule has 0 aromatic heterocycles. The van der Waals surface area contributed by atoms with Gasteiger partial charge in [0.2, 0.25) is 0 Å². The van der Waals surface area contributed by atoms with E-state index in [9.17, 15) is 28.9 Å². The van der Waals surface area contributed by atoms with Gasteiger partial charge in [-0.3, -0.25) is 23.4 Å². The van der Waals surface area contributed by atoms with Gasteiger partial charge in [0.05, 0.1) is 26.2 Å². The van der Waals surface area contributed by atoms with Crippen LogP contribution in [0.25, 0.3) is 0 Å². The fourth-order valence-corrected chi connectivity index (χ4v) is 9.16. The van der Waals surface area contributed by atoms with Gasteiger partial charge in [0.1, 0.15) is 12.7 Å². The van der Waals surface area contributed by atoms with Crippen molar-refractivity contribution in [2.75, 3.05) is 26.4 Å². The Bertz CT molecular complexity index is 1760. The Hall–Kier alpha value is -3.86. The summed E-state index contributed by atoms with van der Waals surface area (Å²) >= 11 is 0. The maximum Gasteiger partial charge on any atom is 0.472 e. The summed E-state index contributed by atoms with van der Waals surface area (Å²) in [6.07, 6.45) is 75.0. The van der Waals surface area contributed by atoms with Crippen LogP contribution in [0.1, 0.15) is 265 Å². The lowest BCUT2D eigenvalue weighted by Crippen LogP contribution is -2.30. The summed E-state index contributed by atoms with van der Waals surface area (Å²) in [7, 11) is -4.79. The van der Waals surface area contributed by atoms with Crippen molar-refractivity contribution in [2.45, 2.75) is 277 Å². The van der Waals surface area contributed by atoms with Crippen LogP contribution in [0.3, 0.4) is 0 Å². The average molecular weight is 1140 g/mol. The van der Waals surface area contributed by atoms with E-state index in [2.05, 4.69) is 106 Å². The first-order chi connectivity index (χ1) is 39.2. The number of unbranched alkanes of at least 4 members (excludes halogenated alkanes) is 24. The Morgan fingerprint density at radius 2 is 0.700 bits per heavy atom. The molecule has 2 N–H and O–H groups in total. The maximum atomic E-state index is 13.0. The molecule has 0 aliphatic rings. The predicted octanol–water partition coefficient (Wildman–Crippen LogP) is 19.4. The van der Waals surface area contributed by atoms with Crippen LogP contribution in [0, 0.1) is 0 Å². The predicted molar refractivity (Wildman–Crippen MR) is 334 cm³/mol. The number of hydrogen-bond acceptors (Lipinski definition) is 10. The van der Waals surface area contributed by atoms with E-state index >= 15 is 0 Å². The highest BCUT2D eigenvalue weighted by molar-refractivity contribution is 7.47. The molecule has 0 fully saturated rings. The van der Waals surface area contributed by atoms with Crippen LogP contribution in [0.15, 0.2) is 109 Å². The molecular weight excluding hydrogens is 1020 g/mol. The second kappa shape index (κ2) is 61.2. The molecule has 0 aromatic rings. The van der Waals surface area contributed by atoms with Crippen LogP contribution >= 0.6 is 7.82 Å². The van der Waals surface area contributed by atoms with Gasteiger partial charge in [-0.05, 0) is 109 Å². The summed E-state index contributed by atoms with van der Waals surface area (Å²) in [6.45, 7) is 4.39. The fourth-order valence-electron chi connectivity index (χ4n) is 8.37. The number of hydrogen-bond donors (Lipinski definition) is 2. The third kappa shape index (κ3) is 58.8. The minimum absolute atomic E-state index is 0.0598. The molecule has 0 radical (unpaired) electrons. The Labute approximate surface area is 488 Å². The van der Waals surface area contributed by atoms with Gasteiger partial charge in [-0.1, -0.05) is 246 Å². The summed E-state index contributed by atoms with van der Waals surface area (Å²) in [5.41, 5.74) is 0. The van der Waals surface area contributed by atoms with Crippen molar-refractivity contribution in [2.24, 2.45) is 0 Å². The molecule has 11 nitrogen and oxygen atoms in total. The zero-order valence-electron chi connectivity index (χ0n) is 50.8.